The van der Waals surface area contributed by atoms with E-state index < -0.39 is 5.41 Å². The Labute approximate surface area is 113 Å². The molecule has 3 nitrogen and oxygen atoms in total. The first-order valence-corrected chi connectivity index (χ1v) is 7.81. The molecule has 0 aromatic heterocycles. The zero-order valence-electron chi connectivity index (χ0n) is 10.6. The summed E-state index contributed by atoms with van der Waals surface area (Å²) in [6.45, 7) is 3.94. The summed E-state index contributed by atoms with van der Waals surface area (Å²) in [7, 11) is 0. The maximum Gasteiger partial charge on any atom is 0.233 e. The molecule has 0 atom stereocenters. The molecule has 1 heterocycles. The van der Waals surface area contributed by atoms with Crippen LogP contribution in [0.15, 0.2) is 0 Å². The Kier molecular flexibility index (Phi) is 5.73. The van der Waals surface area contributed by atoms with Crippen LogP contribution in [0.1, 0.15) is 39.5 Å². The first-order valence-electron chi connectivity index (χ1n) is 6.25. The fourth-order valence-electron chi connectivity index (χ4n) is 2.20. The fraction of sp³-hybridized carbons (Fsp3) is 0.833. The minimum absolute atomic E-state index is 0.0203. The zero-order chi connectivity index (χ0) is 12.9. The van der Waals surface area contributed by atoms with Crippen LogP contribution in [0.4, 0.5) is 0 Å². The summed E-state index contributed by atoms with van der Waals surface area (Å²) in [6.07, 6.45) is 3.45. The zero-order valence-corrected chi connectivity index (χ0v) is 12.3. The number of amides is 1. The van der Waals surface area contributed by atoms with E-state index in [9.17, 15) is 4.79 Å². The van der Waals surface area contributed by atoms with Crippen LogP contribution in [0, 0.1) is 5.41 Å². The van der Waals surface area contributed by atoms with Gasteiger partial charge in [0.15, 0.2) is 0 Å². The molecule has 1 amide bonds. The molecule has 1 aliphatic heterocycles. The molecule has 0 bridgehead atoms. The lowest BCUT2D eigenvalue weighted by molar-refractivity contribution is -0.128. The van der Waals surface area contributed by atoms with Crippen molar-refractivity contribution in [3.8, 4) is 0 Å². The molecule has 0 spiro atoms. The number of nitrogens with one attached hydrogen (secondary N) is 1. The Morgan fingerprint density at radius 3 is 2.35 bits per heavy atom. The number of nitrogens with two attached hydrogens (primary N) is 1. The molecule has 0 radical (unpaired) electrons. The highest BCUT2D eigenvalue weighted by molar-refractivity contribution is 7.99. The van der Waals surface area contributed by atoms with Gasteiger partial charge in [-0.15, -0.1) is 0 Å². The van der Waals surface area contributed by atoms with Gasteiger partial charge in [0.25, 0.3) is 0 Å². The van der Waals surface area contributed by atoms with Crippen molar-refractivity contribution in [2.24, 2.45) is 11.1 Å². The Hall–Kier alpha value is -0.290. The molecule has 0 aliphatic carbocycles. The molecule has 3 N–H and O–H groups in total. The highest BCUT2D eigenvalue weighted by Gasteiger charge is 2.38. The monoisotopic (exact) mass is 274 g/mol. The molecule has 98 valence electrons. The van der Waals surface area contributed by atoms with Gasteiger partial charge in [-0.3, -0.25) is 4.79 Å². The maximum absolute atomic E-state index is 12.4. The van der Waals surface area contributed by atoms with Gasteiger partial charge in [-0.25, -0.2) is 0 Å². The van der Waals surface area contributed by atoms with E-state index in [1.54, 1.807) is 0 Å². The summed E-state index contributed by atoms with van der Waals surface area (Å²) >= 11 is 7.03. The van der Waals surface area contributed by atoms with E-state index in [0.29, 0.717) is 23.9 Å². The van der Waals surface area contributed by atoms with Crippen molar-refractivity contribution >= 4 is 34.9 Å². The summed E-state index contributed by atoms with van der Waals surface area (Å²) in [6, 6.07) is 0.301. The number of carbonyl (C=O) groups is 1. The van der Waals surface area contributed by atoms with Crippen molar-refractivity contribution in [3.05, 3.63) is 0 Å². The second-order valence-corrected chi connectivity index (χ2v) is 6.18. The molecular formula is C12H22N2OS2. The second kappa shape index (κ2) is 6.59. The van der Waals surface area contributed by atoms with Crippen molar-refractivity contribution in [2.45, 2.75) is 45.6 Å². The van der Waals surface area contributed by atoms with E-state index in [0.717, 1.165) is 24.3 Å². The molecule has 0 unspecified atom stereocenters. The van der Waals surface area contributed by atoms with E-state index in [2.05, 4.69) is 5.32 Å². The third-order valence-electron chi connectivity index (χ3n) is 3.67. The van der Waals surface area contributed by atoms with E-state index in [1.807, 2.05) is 25.6 Å². The van der Waals surface area contributed by atoms with Crippen LogP contribution >= 0.6 is 24.0 Å². The van der Waals surface area contributed by atoms with Gasteiger partial charge in [0.05, 0.1) is 10.4 Å². The van der Waals surface area contributed by atoms with E-state index in [4.69, 9.17) is 18.0 Å². The largest absolute Gasteiger partial charge is 0.392 e. The number of carbonyl (C=O) groups excluding carboxylic acids is 1. The molecular weight excluding hydrogens is 252 g/mol. The number of hydrogen-bond acceptors (Lipinski definition) is 3. The molecule has 1 aliphatic rings. The Balaban J connectivity index is 2.67. The number of thioether (sulfide) groups is 1. The Bertz CT molecular complexity index is 284. The summed E-state index contributed by atoms with van der Waals surface area (Å²) in [5.41, 5.74) is 5.11. The molecule has 0 aromatic rings. The average Bonchev–Trinajstić information content (AvgIpc) is 2.32. The van der Waals surface area contributed by atoms with Gasteiger partial charge < -0.3 is 11.1 Å². The van der Waals surface area contributed by atoms with Gasteiger partial charge in [-0.2, -0.15) is 11.8 Å². The SMILES string of the molecule is CCC(CC)(C(=O)NC1CCSCC1)C(N)=S. The lowest BCUT2D eigenvalue weighted by Crippen LogP contribution is -2.51. The lowest BCUT2D eigenvalue weighted by Gasteiger charge is -2.32. The molecule has 0 aromatic carbocycles. The Morgan fingerprint density at radius 2 is 1.94 bits per heavy atom. The van der Waals surface area contributed by atoms with Gasteiger partial charge in [-0.05, 0) is 37.2 Å². The molecule has 1 saturated heterocycles. The minimum atomic E-state index is -0.653. The van der Waals surface area contributed by atoms with Crippen LogP contribution in [0.3, 0.4) is 0 Å². The predicted molar refractivity (Wildman–Crippen MR) is 78.3 cm³/mol. The topological polar surface area (TPSA) is 55.1 Å². The standard InChI is InChI=1S/C12H22N2OS2/c1-3-12(4-2,10(13)16)11(15)14-9-5-7-17-8-6-9/h9H,3-8H2,1-2H3,(H2,13,16)(H,14,15). The summed E-state index contributed by atoms with van der Waals surface area (Å²) in [4.78, 5) is 12.7. The van der Waals surface area contributed by atoms with Gasteiger partial charge >= 0.3 is 0 Å². The molecule has 1 fully saturated rings. The van der Waals surface area contributed by atoms with Crippen molar-refractivity contribution < 1.29 is 4.79 Å². The van der Waals surface area contributed by atoms with Crippen LogP contribution in [-0.4, -0.2) is 28.4 Å². The summed E-state index contributed by atoms with van der Waals surface area (Å²) < 4.78 is 0. The van der Waals surface area contributed by atoms with Gasteiger partial charge in [-0.1, -0.05) is 26.1 Å². The number of rotatable bonds is 5. The van der Waals surface area contributed by atoms with Crippen LogP contribution in [0.2, 0.25) is 0 Å². The van der Waals surface area contributed by atoms with E-state index in [1.165, 1.54) is 0 Å². The third-order valence-corrected chi connectivity index (χ3v) is 5.11. The van der Waals surface area contributed by atoms with Gasteiger partial charge in [0.2, 0.25) is 5.91 Å². The first-order chi connectivity index (χ1) is 8.06. The van der Waals surface area contributed by atoms with E-state index >= 15 is 0 Å². The van der Waals surface area contributed by atoms with Crippen molar-refractivity contribution in [2.75, 3.05) is 11.5 Å². The highest BCUT2D eigenvalue weighted by Crippen LogP contribution is 2.28. The normalized spacial score (nSPS) is 17.8. The number of thiocarbonyl (C=S) groups is 1. The quantitative estimate of drug-likeness (QED) is 0.754. The fourth-order valence-corrected chi connectivity index (χ4v) is 3.68. The van der Waals surface area contributed by atoms with Gasteiger partial charge in [0.1, 0.15) is 0 Å². The Morgan fingerprint density at radius 1 is 1.41 bits per heavy atom. The predicted octanol–water partition coefficient (Wildman–Crippen LogP) is 2.09. The van der Waals surface area contributed by atoms with Crippen LogP contribution < -0.4 is 11.1 Å². The number of hydrogen-bond donors (Lipinski definition) is 2. The first kappa shape index (κ1) is 14.8. The average molecular weight is 274 g/mol. The van der Waals surface area contributed by atoms with Crippen LogP contribution in [-0.2, 0) is 4.79 Å². The molecule has 5 heteroatoms. The van der Waals surface area contributed by atoms with E-state index in [-0.39, 0.29) is 5.91 Å². The minimum Gasteiger partial charge on any atom is -0.392 e. The molecule has 0 saturated carbocycles. The third kappa shape index (κ3) is 3.35. The van der Waals surface area contributed by atoms with Crippen LogP contribution in [0.5, 0.6) is 0 Å². The second-order valence-electron chi connectivity index (χ2n) is 4.51. The van der Waals surface area contributed by atoms with Crippen molar-refractivity contribution in [1.82, 2.24) is 5.32 Å². The maximum atomic E-state index is 12.4. The smallest absolute Gasteiger partial charge is 0.233 e. The summed E-state index contributed by atoms with van der Waals surface area (Å²) in [5.74, 6) is 2.28. The molecule has 1 rings (SSSR count). The van der Waals surface area contributed by atoms with Gasteiger partial charge in [0, 0.05) is 6.04 Å². The van der Waals surface area contributed by atoms with Crippen molar-refractivity contribution in [1.29, 1.82) is 0 Å². The highest BCUT2D eigenvalue weighted by atomic mass is 32.2. The summed E-state index contributed by atoms with van der Waals surface area (Å²) in [5, 5.41) is 3.12. The van der Waals surface area contributed by atoms with Crippen molar-refractivity contribution in [3.63, 3.8) is 0 Å². The van der Waals surface area contributed by atoms with Crippen LogP contribution in [0.25, 0.3) is 0 Å². The lowest BCUT2D eigenvalue weighted by atomic mass is 9.81. The molecule has 17 heavy (non-hydrogen) atoms.